The third-order valence-corrected chi connectivity index (χ3v) is 6.02. The molecule has 0 N–H and O–H groups in total. The molecule has 0 bridgehead atoms. The van der Waals surface area contributed by atoms with Crippen LogP contribution in [-0.2, 0) is 9.59 Å². The molecule has 2 aliphatic heterocycles. The lowest BCUT2D eigenvalue weighted by Crippen LogP contribution is -2.47. The second-order valence-corrected chi connectivity index (χ2v) is 7.76. The number of likely N-dealkylation sites (N-methyl/N-ethyl adjacent to an activating group) is 1. The van der Waals surface area contributed by atoms with Crippen molar-refractivity contribution in [3.8, 4) is 11.5 Å². The van der Waals surface area contributed by atoms with E-state index in [0.717, 1.165) is 37.8 Å². The number of nitrogens with zero attached hydrogens (tertiary/aromatic N) is 3. The van der Waals surface area contributed by atoms with E-state index < -0.39 is 29.1 Å². The summed E-state index contributed by atoms with van der Waals surface area (Å²) in [6.07, 6.45) is 0. The maximum atomic E-state index is 14.6. The Labute approximate surface area is 190 Å². The van der Waals surface area contributed by atoms with Crippen molar-refractivity contribution >= 4 is 23.1 Å². The molecular weight excluding hydrogens is 432 g/mol. The highest BCUT2D eigenvalue weighted by Gasteiger charge is 2.44. The molecule has 9 heteroatoms. The highest BCUT2D eigenvalue weighted by atomic mass is 19.1. The lowest BCUT2D eigenvalue weighted by atomic mass is 10.0. The Morgan fingerprint density at radius 3 is 2.21 bits per heavy atom. The van der Waals surface area contributed by atoms with Gasteiger partial charge in [-0.2, -0.15) is 0 Å². The second-order valence-electron chi connectivity index (χ2n) is 7.76. The van der Waals surface area contributed by atoms with Gasteiger partial charge in [0.05, 0.1) is 25.5 Å². The number of hydrogen-bond donors (Lipinski definition) is 0. The molecule has 2 heterocycles. The Balaban J connectivity index is 1.84. The number of benzene rings is 2. The molecule has 2 aromatic rings. The molecule has 0 saturated carbocycles. The maximum absolute atomic E-state index is 14.6. The summed E-state index contributed by atoms with van der Waals surface area (Å²) in [5, 5.41) is 0. The van der Waals surface area contributed by atoms with Crippen LogP contribution >= 0.6 is 0 Å². The van der Waals surface area contributed by atoms with Crippen LogP contribution in [0.15, 0.2) is 42.1 Å². The number of imide groups is 1. The third-order valence-electron chi connectivity index (χ3n) is 6.02. The van der Waals surface area contributed by atoms with Crippen molar-refractivity contribution in [1.29, 1.82) is 0 Å². The van der Waals surface area contributed by atoms with Gasteiger partial charge in [-0.3, -0.25) is 9.59 Å². The average Bonchev–Trinajstić information content (AvgIpc) is 3.09. The first-order valence-corrected chi connectivity index (χ1v) is 10.7. The Kier molecular flexibility index (Phi) is 6.33. The fourth-order valence-corrected chi connectivity index (χ4v) is 4.23. The molecule has 0 unspecified atom stereocenters. The van der Waals surface area contributed by atoms with Gasteiger partial charge in [0.1, 0.15) is 17.3 Å². The molecular formula is C24H25F2N3O4. The van der Waals surface area contributed by atoms with E-state index in [1.54, 1.807) is 18.2 Å². The predicted octanol–water partition coefficient (Wildman–Crippen LogP) is 2.90. The van der Waals surface area contributed by atoms with Crippen molar-refractivity contribution in [3.05, 3.63) is 59.3 Å². The van der Waals surface area contributed by atoms with E-state index in [2.05, 4.69) is 11.8 Å². The quantitative estimate of drug-likeness (QED) is 0.622. The van der Waals surface area contributed by atoms with Gasteiger partial charge in [-0.15, -0.1) is 0 Å². The van der Waals surface area contributed by atoms with Crippen LogP contribution < -0.4 is 14.4 Å². The largest absolute Gasteiger partial charge is 0.493 e. The molecule has 2 amide bonds. The maximum Gasteiger partial charge on any atom is 0.282 e. The van der Waals surface area contributed by atoms with Gasteiger partial charge in [0.2, 0.25) is 0 Å². The van der Waals surface area contributed by atoms with Gasteiger partial charge in [-0.05, 0) is 36.4 Å². The van der Waals surface area contributed by atoms with Crippen LogP contribution in [0.5, 0.6) is 11.5 Å². The minimum Gasteiger partial charge on any atom is -0.493 e. The van der Waals surface area contributed by atoms with E-state index in [-0.39, 0.29) is 11.3 Å². The van der Waals surface area contributed by atoms with E-state index >= 15 is 0 Å². The van der Waals surface area contributed by atoms with E-state index in [1.807, 2.05) is 4.90 Å². The summed E-state index contributed by atoms with van der Waals surface area (Å²) in [7, 11) is 2.96. The van der Waals surface area contributed by atoms with Gasteiger partial charge in [0.15, 0.2) is 11.5 Å². The molecule has 1 fully saturated rings. The van der Waals surface area contributed by atoms with Crippen LogP contribution in [0.1, 0.15) is 12.5 Å². The van der Waals surface area contributed by atoms with Crippen LogP contribution in [0.25, 0.3) is 5.57 Å². The highest BCUT2D eigenvalue weighted by Crippen LogP contribution is 2.39. The SMILES string of the molecule is CCN1CCN(C2=C(c3ccc(OC)c(OC)c3)C(=O)N(c3cc(F)ccc3F)C2=O)CC1. The number of rotatable bonds is 6. The number of ether oxygens (including phenoxy) is 2. The van der Waals surface area contributed by atoms with E-state index in [9.17, 15) is 18.4 Å². The molecule has 0 aromatic heterocycles. The summed E-state index contributed by atoms with van der Waals surface area (Å²) in [5.74, 6) is -2.16. The van der Waals surface area contributed by atoms with Gasteiger partial charge < -0.3 is 19.3 Å². The Bertz CT molecular complexity index is 1130. The zero-order valence-electron chi connectivity index (χ0n) is 18.7. The molecule has 0 aliphatic carbocycles. The smallest absolute Gasteiger partial charge is 0.282 e. The summed E-state index contributed by atoms with van der Waals surface area (Å²) >= 11 is 0. The van der Waals surface area contributed by atoms with Gasteiger partial charge >= 0.3 is 0 Å². The Hall–Kier alpha value is -3.46. The zero-order chi connectivity index (χ0) is 23.7. The van der Waals surface area contributed by atoms with Crippen molar-refractivity contribution in [2.45, 2.75) is 6.92 Å². The summed E-state index contributed by atoms with van der Waals surface area (Å²) in [6, 6.07) is 7.59. The number of anilines is 1. The zero-order valence-corrected chi connectivity index (χ0v) is 18.7. The lowest BCUT2D eigenvalue weighted by Gasteiger charge is -2.36. The average molecular weight is 457 g/mol. The second kappa shape index (κ2) is 9.19. The number of amides is 2. The number of hydrogen-bond acceptors (Lipinski definition) is 6. The topological polar surface area (TPSA) is 62.3 Å². The first kappa shape index (κ1) is 22.7. The van der Waals surface area contributed by atoms with Crippen LogP contribution in [-0.4, -0.2) is 68.6 Å². The van der Waals surface area contributed by atoms with Gasteiger partial charge in [-0.1, -0.05) is 13.0 Å². The molecule has 1 saturated heterocycles. The van der Waals surface area contributed by atoms with Gasteiger partial charge in [0.25, 0.3) is 11.8 Å². The summed E-state index contributed by atoms with van der Waals surface area (Å²) in [4.78, 5) is 31.9. The molecule has 0 spiro atoms. The van der Waals surface area contributed by atoms with E-state index in [1.165, 1.54) is 14.2 Å². The van der Waals surface area contributed by atoms with E-state index in [0.29, 0.717) is 35.1 Å². The fourth-order valence-electron chi connectivity index (χ4n) is 4.23. The molecule has 174 valence electrons. The number of carbonyl (C=O) groups excluding carboxylic acids is 2. The summed E-state index contributed by atoms with van der Waals surface area (Å²) < 4.78 is 39.2. The highest BCUT2D eigenvalue weighted by molar-refractivity contribution is 6.45. The molecule has 2 aromatic carbocycles. The van der Waals surface area contributed by atoms with Gasteiger partial charge in [0, 0.05) is 32.2 Å². The molecule has 0 radical (unpaired) electrons. The molecule has 0 atom stereocenters. The van der Waals surface area contributed by atoms with Crippen molar-refractivity contribution in [2.75, 3.05) is 51.8 Å². The normalized spacial score (nSPS) is 17.2. The minimum atomic E-state index is -0.859. The first-order valence-electron chi connectivity index (χ1n) is 10.7. The van der Waals surface area contributed by atoms with Crippen molar-refractivity contribution in [1.82, 2.24) is 9.80 Å². The van der Waals surface area contributed by atoms with Crippen LogP contribution in [0.4, 0.5) is 14.5 Å². The third kappa shape index (κ3) is 4.04. The summed E-state index contributed by atoms with van der Waals surface area (Å²) in [6.45, 7) is 5.42. The number of methoxy groups -OCH3 is 2. The number of carbonyl (C=O) groups is 2. The predicted molar refractivity (Wildman–Crippen MR) is 119 cm³/mol. The first-order chi connectivity index (χ1) is 15.9. The molecule has 2 aliphatic rings. The number of piperazine rings is 1. The van der Waals surface area contributed by atoms with Crippen molar-refractivity contribution in [2.24, 2.45) is 0 Å². The number of halogens is 2. The van der Waals surface area contributed by atoms with Crippen LogP contribution in [0.2, 0.25) is 0 Å². The monoisotopic (exact) mass is 457 g/mol. The van der Waals surface area contributed by atoms with Crippen molar-refractivity contribution in [3.63, 3.8) is 0 Å². The molecule has 33 heavy (non-hydrogen) atoms. The van der Waals surface area contributed by atoms with Crippen molar-refractivity contribution < 1.29 is 27.8 Å². The Morgan fingerprint density at radius 1 is 0.879 bits per heavy atom. The molecule has 7 nitrogen and oxygen atoms in total. The minimum absolute atomic E-state index is 0.120. The van der Waals surface area contributed by atoms with Crippen LogP contribution in [0.3, 0.4) is 0 Å². The van der Waals surface area contributed by atoms with Crippen LogP contribution in [0, 0.1) is 11.6 Å². The summed E-state index contributed by atoms with van der Waals surface area (Å²) in [5.41, 5.74) is 0.310. The fraction of sp³-hybridized carbons (Fsp3) is 0.333. The van der Waals surface area contributed by atoms with E-state index in [4.69, 9.17) is 9.47 Å². The standard InChI is InChI=1S/C24H25F2N3O4/c1-4-27-9-11-28(12-10-27)22-21(15-5-8-19(32-2)20(13-15)33-3)23(30)29(24(22)31)18-14-16(25)6-7-17(18)26/h5-8,13-14H,4,9-12H2,1-3H3. The van der Waals surface area contributed by atoms with Gasteiger partial charge in [-0.25, -0.2) is 13.7 Å². The Morgan fingerprint density at radius 2 is 1.58 bits per heavy atom. The molecule has 4 rings (SSSR count). The lowest BCUT2D eigenvalue weighted by molar-refractivity contribution is -0.120.